The number of benzene rings is 1. The van der Waals surface area contributed by atoms with Gasteiger partial charge in [0.1, 0.15) is 0 Å². The van der Waals surface area contributed by atoms with E-state index >= 15 is 0 Å². The van der Waals surface area contributed by atoms with Gasteiger partial charge in [0.15, 0.2) is 0 Å². The SMILES string of the molecule is CNC(C1=CCCCC1)c1ccc(C)c(C)c1. The van der Waals surface area contributed by atoms with Gasteiger partial charge < -0.3 is 5.32 Å². The monoisotopic (exact) mass is 229 g/mol. The summed E-state index contributed by atoms with van der Waals surface area (Å²) in [6.07, 6.45) is 7.62. The minimum Gasteiger partial charge on any atom is -0.310 e. The molecule has 92 valence electrons. The molecule has 1 aromatic rings. The van der Waals surface area contributed by atoms with Gasteiger partial charge in [-0.1, -0.05) is 29.8 Å². The quantitative estimate of drug-likeness (QED) is 0.771. The van der Waals surface area contributed by atoms with Crippen LogP contribution < -0.4 is 5.32 Å². The second kappa shape index (κ2) is 5.50. The molecule has 1 aromatic carbocycles. The van der Waals surface area contributed by atoms with Crippen molar-refractivity contribution in [2.24, 2.45) is 0 Å². The lowest BCUT2D eigenvalue weighted by Crippen LogP contribution is -2.20. The highest BCUT2D eigenvalue weighted by atomic mass is 14.9. The van der Waals surface area contributed by atoms with Gasteiger partial charge in [-0.05, 0) is 63.3 Å². The molecular weight excluding hydrogens is 206 g/mol. The van der Waals surface area contributed by atoms with E-state index in [0.29, 0.717) is 6.04 Å². The predicted molar refractivity (Wildman–Crippen MR) is 74.3 cm³/mol. The largest absolute Gasteiger partial charge is 0.310 e. The number of rotatable bonds is 3. The minimum absolute atomic E-state index is 0.412. The predicted octanol–water partition coefficient (Wildman–Crippen LogP) is 4.06. The maximum absolute atomic E-state index is 3.47. The van der Waals surface area contributed by atoms with Crippen LogP contribution in [-0.2, 0) is 0 Å². The van der Waals surface area contributed by atoms with E-state index in [1.165, 1.54) is 42.4 Å². The van der Waals surface area contributed by atoms with E-state index in [2.05, 4.69) is 50.5 Å². The molecule has 0 heterocycles. The van der Waals surface area contributed by atoms with E-state index in [4.69, 9.17) is 0 Å². The second-order valence-electron chi connectivity index (χ2n) is 5.09. The molecule has 0 spiro atoms. The summed E-state index contributed by atoms with van der Waals surface area (Å²) < 4.78 is 0. The number of allylic oxidation sites excluding steroid dienone is 1. The van der Waals surface area contributed by atoms with Crippen LogP contribution in [0, 0.1) is 13.8 Å². The van der Waals surface area contributed by atoms with Crippen LogP contribution in [0.25, 0.3) is 0 Å². The molecule has 1 nitrogen and oxygen atoms in total. The van der Waals surface area contributed by atoms with Crippen LogP contribution in [0.5, 0.6) is 0 Å². The van der Waals surface area contributed by atoms with Crippen molar-refractivity contribution in [3.63, 3.8) is 0 Å². The van der Waals surface area contributed by atoms with Crippen molar-refractivity contribution in [1.29, 1.82) is 0 Å². The van der Waals surface area contributed by atoms with E-state index in [1.54, 1.807) is 5.57 Å². The van der Waals surface area contributed by atoms with Gasteiger partial charge in [0.05, 0.1) is 6.04 Å². The Morgan fingerprint density at radius 2 is 1.94 bits per heavy atom. The van der Waals surface area contributed by atoms with E-state index in [0.717, 1.165) is 0 Å². The van der Waals surface area contributed by atoms with Crippen molar-refractivity contribution in [2.75, 3.05) is 7.05 Å². The molecule has 17 heavy (non-hydrogen) atoms. The average molecular weight is 229 g/mol. The molecule has 1 aliphatic carbocycles. The first kappa shape index (κ1) is 12.4. The average Bonchev–Trinajstić information content (AvgIpc) is 2.36. The summed E-state index contributed by atoms with van der Waals surface area (Å²) in [4.78, 5) is 0. The molecule has 1 heteroatoms. The van der Waals surface area contributed by atoms with Crippen LogP contribution in [-0.4, -0.2) is 7.05 Å². The molecule has 0 radical (unpaired) electrons. The summed E-state index contributed by atoms with van der Waals surface area (Å²) >= 11 is 0. The Balaban J connectivity index is 2.28. The lowest BCUT2D eigenvalue weighted by molar-refractivity contribution is 0.593. The number of likely N-dealkylation sites (N-methyl/N-ethyl adjacent to an activating group) is 1. The van der Waals surface area contributed by atoms with Gasteiger partial charge in [-0.3, -0.25) is 0 Å². The highest BCUT2D eigenvalue weighted by Gasteiger charge is 2.16. The van der Waals surface area contributed by atoms with Gasteiger partial charge in [-0.25, -0.2) is 0 Å². The topological polar surface area (TPSA) is 12.0 Å². The summed E-state index contributed by atoms with van der Waals surface area (Å²) in [5, 5.41) is 3.47. The van der Waals surface area contributed by atoms with Crippen molar-refractivity contribution in [2.45, 2.75) is 45.6 Å². The second-order valence-corrected chi connectivity index (χ2v) is 5.09. The summed E-state index contributed by atoms with van der Waals surface area (Å²) in [5.41, 5.74) is 5.74. The number of hydrogen-bond donors (Lipinski definition) is 1. The summed E-state index contributed by atoms with van der Waals surface area (Å²) in [6, 6.07) is 7.23. The van der Waals surface area contributed by atoms with E-state index in [-0.39, 0.29) is 0 Å². The Kier molecular flexibility index (Phi) is 4.01. The number of aryl methyl sites for hydroxylation is 2. The third-order valence-corrected chi connectivity index (χ3v) is 3.85. The first-order chi connectivity index (χ1) is 8.22. The molecule has 1 aliphatic rings. The summed E-state index contributed by atoms with van der Waals surface area (Å²) in [5.74, 6) is 0. The Bertz CT molecular complexity index is 418. The molecule has 0 amide bonds. The van der Waals surface area contributed by atoms with Crippen molar-refractivity contribution < 1.29 is 0 Å². The van der Waals surface area contributed by atoms with Crippen molar-refractivity contribution in [1.82, 2.24) is 5.32 Å². The molecule has 0 fully saturated rings. The summed E-state index contributed by atoms with van der Waals surface area (Å²) in [6.45, 7) is 4.37. The highest BCUT2D eigenvalue weighted by Crippen LogP contribution is 2.30. The molecule has 1 atom stereocenters. The smallest absolute Gasteiger partial charge is 0.0533 e. The molecule has 0 aromatic heterocycles. The van der Waals surface area contributed by atoms with Crippen LogP contribution in [0.2, 0.25) is 0 Å². The van der Waals surface area contributed by atoms with Gasteiger partial charge in [-0.2, -0.15) is 0 Å². The van der Waals surface area contributed by atoms with Crippen LogP contribution in [0.4, 0.5) is 0 Å². The van der Waals surface area contributed by atoms with Crippen molar-refractivity contribution in [3.05, 3.63) is 46.5 Å². The lowest BCUT2D eigenvalue weighted by Gasteiger charge is -2.24. The van der Waals surface area contributed by atoms with E-state index in [1.807, 2.05) is 0 Å². The van der Waals surface area contributed by atoms with Crippen LogP contribution in [0.15, 0.2) is 29.8 Å². The molecule has 1 N–H and O–H groups in total. The van der Waals surface area contributed by atoms with Crippen molar-refractivity contribution in [3.8, 4) is 0 Å². The van der Waals surface area contributed by atoms with Gasteiger partial charge in [0, 0.05) is 0 Å². The summed E-state index contributed by atoms with van der Waals surface area (Å²) in [7, 11) is 2.06. The van der Waals surface area contributed by atoms with Crippen LogP contribution in [0.3, 0.4) is 0 Å². The fourth-order valence-corrected chi connectivity index (χ4v) is 2.64. The molecular formula is C16H23N. The van der Waals surface area contributed by atoms with E-state index in [9.17, 15) is 0 Å². The molecule has 0 saturated carbocycles. The minimum atomic E-state index is 0.412. The Morgan fingerprint density at radius 3 is 2.53 bits per heavy atom. The molecule has 0 saturated heterocycles. The molecule has 2 rings (SSSR count). The van der Waals surface area contributed by atoms with Crippen LogP contribution in [0.1, 0.15) is 48.4 Å². The maximum atomic E-state index is 3.47. The first-order valence-corrected chi connectivity index (χ1v) is 6.65. The lowest BCUT2D eigenvalue weighted by atomic mass is 9.89. The van der Waals surface area contributed by atoms with Gasteiger partial charge in [0.25, 0.3) is 0 Å². The van der Waals surface area contributed by atoms with Gasteiger partial charge in [0.2, 0.25) is 0 Å². The van der Waals surface area contributed by atoms with E-state index < -0.39 is 0 Å². The zero-order valence-electron chi connectivity index (χ0n) is 11.2. The zero-order chi connectivity index (χ0) is 12.3. The number of hydrogen-bond acceptors (Lipinski definition) is 1. The Hall–Kier alpha value is -1.08. The zero-order valence-corrected chi connectivity index (χ0v) is 11.2. The van der Waals surface area contributed by atoms with Crippen LogP contribution >= 0.6 is 0 Å². The fraction of sp³-hybridized carbons (Fsp3) is 0.500. The fourth-order valence-electron chi connectivity index (χ4n) is 2.64. The number of nitrogens with one attached hydrogen (secondary N) is 1. The third-order valence-electron chi connectivity index (χ3n) is 3.85. The molecule has 1 unspecified atom stereocenters. The molecule has 0 aliphatic heterocycles. The maximum Gasteiger partial charge on any atom is 0.0533 e. The third kappa shape index (κ3) is 2.78. The first-order valence-electron chi connectivity index (χ1n) is 6.65. The standard InChI is InChI=1S/C16H23N/c1-12-9-10-15(11-13(12)2)16(17-3)14-7-5-4-6-8-14/h7,9-11,16-17H,4-6,8H2,1-3H3. The normalized spacial score (nSPS) is 17.7. The Morgan fingerprint density at radius 1 is 1.12 bits per heavy atom. The van der Waals surface area contributed by atoms with Gasteiger partial charge >= 0.3 is 0 Å². The van der Waals surface area contributed by atoms with Crippen molar-refractivity contribution >= 4 is 0 Å². The Labute approximate surface area is 105 Å². The highest BCUT2D eigenvalue weighted by molar-refractivity contribution is 5.35. The van der Waals surface area contributed by atoms with Gasteiger partial charge in [-0.15, -0.1) is 0 Å². The molecule has 0 bridgehead atoms.